The lowest BCUT2D eigenvalue weighted by atomic mass is 10.2. The van der Waals surface area contributed by atoms with Crippen LogP contribution >= 0.6 is 11.6 Å². The standard InChI is InChI=1S/C9H13ClN4/c10-8-5-12-6-9(13-8)14-3-1-2-7(14)4-11/h5-7H,1-4,11H2. The van der Waals surface area contributed by atoms with Crippen LogP contribution in [0.3, 0.4) is 0 Å². The Bertz CT molecular complexity index is 317. The molecule has 1 atom stereocenters. The van der Waals surface area contributed by atoms with E-state index in [4.69, 9.17) is 17.3 Å². The summed E-state index contributed by atoms with van der Waals surface area (Å²) in [6.07, 6.45) is 5.57. The van der Waals surface area contributed by atoms with Gasteiger partial charge in [0.2, 0.25) is 0 Å². The Morgan fingerprint density at radius 1 is 1.57 bits per heavy atom. The molecular weight excluding hydrogens is 200 g/mol. The molecule has 14 heavy (non-hydrogen) atoms. The second-order valence-electron chi connectivity index (χ2n) is 3.43. The van der Waals surface area contributed by atoms with Crippen LogP contribution in [0.2, 0.25) is 5.15 Å². The van der Waals surface area contributed by atoms with Gasteiger partial charge in [-0.3, -0.25) is 4.98 Å². The van der Waals surface area contributed by atoms with Crippen LogP contribution < -0.4 is 10.6 Å². The van der Waals surface area contributed by atoms with Crippen molar-refractivity contribution in [2.24, 2.45) is 5.73 Å². The van der Waals surface area contributed by atoms with Gasteiger partial charge in [-0.25, -0.2) is 4.98 Å². The van der Waals surface area contributed by atoms with Gasteiger partial charge < -0.3 is 10.6 Å². The third-order valence-corrected chi connectivity index (χ3v) is 2.72. The average Bonchev–Trinajstić information content (AvgIpc) is 2.65. The Hall–Kier alpha value is -0.870. The van der Waals surface area contributed by atoms with Crippen LogP contribution in [0.1, 0.15) is 12.8 Å². The number of nitrogens with two attached hydrogens (primary N) is 1. The zero-order valence-electron chi connectivity index (χ0n) is 7.86. The second-order valence-corrected chi connectivity index (χ2v) is 3.81. The summed E-state index contributed by atoms with van der Waals surface area (Å²) >= 11 is 5.78. The third kappa shape index (κ3) is 1.81. The van der Waals surface area contributed by atoms with Gasteiger partial charge in [0.15, 0.2) is 0 Å². The van der Waals surface area contributed by atoms with E-state index in [0.29, 0.717) is 17.7 Å². The summed E-state index contributed by atoms with van der Waals surface area (Å²) < 4.78 is 0. The maximum atomic E-state index is 5.78. The first-order chi connectivity index (χ1) is 6.81. The molecule has 0 aromatic carbocycles. The maximum Gasteiger partial charge on any atom is 0.149 e. The molecule has 0 aliphatic carbocycles. The second kappa shape index (κ2) is 4.11. The van der Waals surface area contributed by atoms with Gasteiger partial charge in [-0.2, -0.15) is 0 Å². The van der Waals surface area contributed by atoms with Gasteiger partial charge in [0, 0.05) is 19.1 Å². The van der Waals surface area contributed by atoms with E-state index in [-0.39, 0.29) is 0 Å². The van der Waals surface area contributed by atoms with Gasteiger partial charge in [-0.1, -0.05) is 11.6 Å². The Kier molecular flexibility index (Phi) is 2.84. The highest BCUT2D eigenvalue weighted by molar-refractivity contribution is 6.29. The van der Waals surface area contributed by atoms with Crippen LogP contribution in [-0.2, 0) is 0 Å². The molecule has 2 heterocycles. The number of nitrogens with zero attached hydrogens (tertiary/aromatic N) is 3. The van der Waals surface area contributed by atoms with E-state index < -0.39 is 0 Å². The first-order valence-corrected chi connectivity index (χ1v) is 5.13. The number of aromatic nitrogens is 2. The van der Waals surface area contributed by atoms with Crippen molar-refractivity contribution in [1.29, 1.82) is 0 Å². The van der Waals surface area contributed by atoms with E-state index in [0.717, 1.165) is 25.2 Å². The van der Waals surface area contributed by atoms with Crippen molar-refractivity contribution in [3.63, 3.8) is 0 Å². The van der Waals surface area contributed by atoms with Crippen molar-refractivity contribution < 1.29 is 0 Å². The van der Waals surface area contributed by atoms with Gasteiger partial charge >= 0.3 is 0 Å². The quantitative estimate of drug-likeness (QED) is 0.797. The van der Waals surface area contributed by atoms with Crippen molar-refractivity contribution in [2.45, 2.75) is 18.9 Å². The van der Waals surface area contributed by atoms with Crippen molar-refractivity contribution in [3.05, 3.63) is 17.5 Å². The SMILES string of the molecule is NCC1CCCN1c1cncc(Cl)n1. The Morgan fingerprint density at radius 3 is 3.14 bits per heavy atom. The molecule has 1 aromatic rings. The van der Waals surface area contributed by atoms with Crippen LogP contribution in [0.5, 0.6) is 0 Å². The fourth-order valence-electron chi connectivity index (χ4n) is 1.85. The maximum absolute atomic E-state index is 5.78. The molecular formula is C9H13ClN4. The van der Waals surface area contributed by atoms with Crippen molar-refractivity contribution in [3.8, 4) is 0 Å². The summed E-state index contributed by atoms with van der Waals surface area (Å²) in [4.78, 5) is 10.4. The molecule has 2 N–H and O–H groups in total. The molecule has 0 radical (unpaired) electrons. The minimum absolute atomic E-state index is 0.391. The summed E-state index contributed by atoms with van der Waals surface area (Å²) in [5.74, 6) is 0.838. The third-order valence-electron chi connectivity index (χ3n) is 2.54. The van der Waals surface area contributed by atoms with Gasteiger partial charge in [-0.05, 0) is 12.8 Å². The Balaban J connectivity index is 2.21. The number of hydrogen-bond acceptors (Lipinski definition) is 4. The summed E-state index contributed by atoms with van der Waals surface area (Å²) in [7, 11) is 0. The average molecular weight is 213 g/mol. The fourth-order valence-corrected chi connectivity index (χ4v) is 2.00. The number of rotatable bonds is 2. The normalized spacial score (nSPS) is 21.6. The molecule has 1 saturated heterocycles. The highest BCUT2D eigenvalue weighted by Gasteiger charge is 2.24. The topological polar surface area (TPSA) is 55.0 Å². The minimum Gasteiger partial charge on any atom is -0.351 e. The van der Waals surface area contributed by atoms with Gasteiger partial charge in [-0.15, -0.1) is 0 Å². The lowest BCUT2D eigenvalue weighted by molar-refractivity contribution is 0.670. The molecule has 0 amide bonds. The van der Waals surface area contributed by atoms with Crippen LogP contribution in [0.4, 0.5) is 5.82 Å². The van der Waals surface area contributed by atoms with E-state index in [1.54, 1.807) is 12.4 Å². The van der Waals surface area contributed by atoms with Gasteiger partial charge in [0.1, 0.15) is 11.0 Å². The molecule has 4 nitrogen and oxygen atoms in total. The molecule has 1 fully saturated rings. The van der Waals surface area contributed by atoms with Gasteiger partial charge in [0.25, 0.3) is 0 Å². The summed E-state index contributed by atoms with van der Waals surface area (Å²) in [6.45, 7) is 1.66. The molecule has 2 rings (SSSR count). The van der Waals surface area contributed by atoms with E-state index in [9.17, 15) is 0 Å². The lowest BCUT2D eigenvalue weighted by Crippen LogP contribution is -2.35. The predicted molar refractivity (Wildman–Crippen MR) is 56.5 cm³/mol. The molecule has 0 spiro atoms. The van der Waals surface area contributed by atoms with Crippen LogP contribution in [0.15, 0.2) is 12.4 Å². The highest BCUT2D eigenvalue weighted by atomic mass is 35.5. The van der Waals surface area contributed by atoms with E-state index >= 15 is 0 Å². The lowest BCUT2D eigenvalue weighted by Gasteiger charge is -2.23. The van der Waals surface area contributed by atoms with Crippen LogP contribution in [0, 0.1) is 0 Å². The van der Waals surface area contributed by atoms with Crippen molar-refractivity contribution in [1.82, 2.24) is 9.97 Å². The zero-order chi connectivity index (χ0) is 9.97. The molecule has 76 valence electrons. The highest BCUT2D eigenvalue weighted by Crippen LogP contribution is 2.23. The van der Waals surface area contributed by atoms with Crippen LogP contribution in [-0.4, -0.2) is 29.1 Å². The Labute approximate surface area is 88.1 Å². The summed E-state index contributed by atoms with van der Waals surface area (Å²) in [5.41, 5.74) is 5.68. The molecule has 0 bridgehead atoms. The summed E-state index contributed by atoms with van der Waals surface area (Å²) in [5, 5.41) is 0.435. The first-order valence-electron chi connectivity index (χ1n) is 4.75. The smallest absolute Gasteiger partial charge is 0.149 e. The number of halogens is 1. The molecule has 0 saturated carbocycles. The largest absolute Gasteiger partial charge is 0.351 e. The minimum atomic E-state index is 0.391. The number of hydrogen-bond donors (Lipinski definition) is 1. The molecule has 1 unspecified atom stereocenters. The summed E-state index contributed by atoms with van der Waals surface area (Å²) in [6, 6.07) is 0.391. The van der Waals surface area contributed by atoms with E-state index in [1.165, 1.54) is 0 Å². The van der Waals surface area contributed by atoms with Crippen LogP contribution in [0.25, 0.3) is 0 Å². The van der Waals surface area contributed by atoms with Crippen molar-refractivity contribution in [2.75, 3.05) is 18.0 Å². The molecule has 5 heteroatoms. The number of anilines is 1. The molecule has 1 aromatic heterocycles. The first kappa shape index (κ1) is 9.68. The van der Waals surface area contributed by atoms with Gasteiger partial charge in [0.05, 0.1) is 12.4 Å². The predicted octanol–water partition coefficient (Wildman–Crippen LogP) is 1.06. The van der Waals surface area contributed by atoms with Crippen molar-refractivity contribution >= 4 is 17.4 Å². The fraction of sp³-hybridized carbons (Fsp3) is 0.556. The molecule has 1 aliphatic rings. The molecule has 1 aliphatic heterocycles. The zero-order valence-corrected chi connectivity index (χ0v) is 8.61. The van der Waals surface area contributed by atoms with E-state index in [2.05, 4.69) is 14.9 Å². The van der Waals surface area contributed by atoms with E-state index in [1.807, 2.05) is 0 Å². The Morgan fingerprint density at radius 2 is 2.43 bits per heavy atom. The monoisotopic (exact) mass is 212 g/mol.